The normalized spacial score (nSPS) is 13.1. The molecule has 0 aromatic heterocycles. The molecule has 0 spiro atoms. The van der Waals surface area contributed by atoms with Crippen LogP contribution in [0.2, 0.25) is 0 Å². The van der Waals surface area contributed by atoms with Gasteiger partial charge in [0.2, 0.25) is 5.91 Å². The van der Waals surface area contributed by atoms with E-state index >= 15 is 0 Å². The van der Waals surface area contributed by atoms with E-state index in [4.69, 9.17) is 16.2 Å². The monoisotopic (exact) mass is 278 g/mol. The molecular weight excluding hydrogens is 252 g/mol. The molecule has 1 aromatic rings. The molecule has 4 heteroatoms. The number of ether oxygens (including phenoxy) is 1. The summed E-state index contributed by atoms with van der Waals surface area (Å²) >= 11 is 0. The van der Waals surface area contributed by atoms with E-state index in [1.807, 2.05) is 39.8 Å². The fourth-order valence-corrected chi connectivity index (χ4v) is 2.49. The lowest BCUT2D eigenvalue weighted by atomic mass is 9.80. The largest absolute Gasteiger partial charge is 0.494 e. The molecule has 0 aliphatic carbocycles. The Morgan fingerprint density at radius 1 is 1.40 bits per heavy atom. The van der Waals surface area contributed by atoms with Gasteiger partial charge in [-0.05, 0) is 31.7 Å². The van der Waals surface area contributed by atoms with Crippen LogP contribution < -0.4 is 16.2 Å². The van der Waals surface area contributed by atoms with Gasteiger partial charge in [-0.2, -0.15) is 0 Å². The number of hydrogen-bond donors (Lipinski definition) is 2. The maximum atomic E-state index is 11.1. The van der Waals surface area contributed by atoms with Crippen LogP contribution in [0.5, 0.6) is 5.75 Å². The molecule has 0 radical (unpaired) electrons. The number of carbonyl (C=O) groups excluding carboxylic acids is 1. The van der Waals surface area contributed by atoms with E-state index in [1.165, 1.54) is 0 Å². The number of hydrogen-bond acceptors (Lipinski definition) is 3. The summed E-state index contributed by atoms with van der Waals surface area (Å²) in [7, 11) is 0. The van der Waals surface area contributed by atoms with Gasteiger partial charge in [0.15, 0.2) is 0 Å². The lowest BCUT2D eigenvalue weighted by molar-refractivity contribution is -0.120. The lowest BCUT2D eigenvalue weighted by Crippen LogP contribution is -2.27. The molecule has 1 rings (SSSR count). The first-order valence-corrected chi connectivity index (χ1v) is 7.02. The van der Waals surface area contributed by atoms with Crippen molar-refractivity contribution < 1.29 is 9.53 Å². The quantitative estimate of drug-likeness (QED) is 0.805. The number of benzene rings is 1. The van der Waals surface area contributed by atoms with Gasteiger partial charge in [0, 0.05) is 18.0 Å². The van der Waals surface area contributed by atoms with Crippen LogP contribution in [-0.4, -0.2) is 12.5 Å². The van der Waals surface area contributed by atoms with Gasteiger partial charge in [-0.1, -0.05) is 31.5 Å². The van der Waals surface area contributed by atoms with Crippen LogP contribution in [0.1, 0.15) is 50.8 Å². The summed E-state index contributed by atoms with van der Waals surface area (Å²) in [5, 5.41) is 0. The molecule has 112 valence electrons. The highest BCUT2D eigenvalue weighted by molar-refractivity contribution is 5.74. The first-order chi connectivity index (χ1) is 9.25. The second-order valence-electron chi connectivity index (χ2n) is 6.09. The van der Waals surface area contributed by atoms with Gasteiger partial charge in [-0.25, -0.2) is 0 Å². The first kappa shape index (κ1) is 16.5. The van der Waals surface area contributed by atoms with Crippen molar-refractivity contribution in [2.45, 2.75) is 46.6 Å². The highest BCUT2D eigenvalue weighted by Gasteiger charge is 2.26. The molecule has 4 nitrogen and oxygen atoms in total. The topological polar surface area (TPSA) is 78.3 Å². The zero-order valence-electron chi connectivity index (χ0n) is 12.9. The Labute approximate surface area is 121 Å². The molecule has 0 aliphatic rings. The van der Waals surface area contributed by atoms with Gasteiger partial charge in [0.05, 0.1) is 6.61 Å². The Balaban J connectivity index is 2.93. The molecule has 4 N–H and O–H groups in total. The lowest BCUT2D eigenvalue weighted by Gasteiger charge is -2.28. The Hall–Kier alpha value is -1.55. The van der Waals surface area contributed by atoms with Crippen LogP contribution in [0.4, 0.5) is 0 Å². The third-order valence-electron chi connectivity index (χ3n) is 3.29. The molecule has 0 bridgehead atoms. The molecule has 1 aromatic carbocycles. The summed E-state index contributed by atoms with van der Waals surface area (Å²) in [5.74, 6) is 0.525. The summed E-state index contributed by atoms with van der Waals surface area (Å²) in [6, 6.07) is 5.84. The van der Waals surface area contributed by atoms with Crippen molar-refractivity contribution in [3.63, 3.8) is 0 Å². The van der Waals surface area contributed by atoms with Crippen LogP contribution in [-0.2, 0) is 4.79 Å². The third kappa shape index (κ3) is 4.85. The highest BCUT2D eigenvalue weighted by atomic mass is 16.5. The fraction of sp³-hybridized carbons (Fsp3) is 0.562. The van der Waals surface area contributed by atoms with Gasteiger partial charge >= 0.3 is 0 Å². The van der Waals surface area contributed by atoms with E-state index in [0.717, 1.165) is 16.9 Å². The smallest absolute Gasteiger partial charge is 0.217 e. The van der Waals surface area contributed by atoms with Gasteiger partial charge in [-0.15, -0.1) is 0 Å². The number of carbonyl (C=O) groups is 1. The summed E-state index contributed by atoms with van der Waals surface area (Å²) < 4.78 is 5.64. The second-order valence-corrected chi connectivity index (χ2v) is 6.09. The number of nitrogens with two attached hydrogens (primary N) is 2. The summed E-state index contributed by atoms with van der Waals surface area (Å²) in [6.07, 6.45) is 1.01. The minimum Gasteiger partial charge on any atom is -0.494 e. The van der Waals surface area contributed by atoms with E-state index in [-0.39, 0.29) is 17.4 Å². The maximum absolute atomic E-state index is 11.1. The number of aryl methyl sites for hydroxylation is 1. The predicted molar refractivity (Wildman–Crippen MR) is 81.5 cm³/mol. The standard InChI is InChI=1S/C16H26N2O2/c1-5-20-14-7-6-11(2)8-12(14)13(17)9-16(3,4)10-15(18)19/h6-8,13H,5,9-10,17H2,1-4H3,(H2,18,19). The van der Waals surface area contributed by atoms with E-state index < -0.39 is 0 Å². The molecule has 0 saturated heterocycles. The van der Waals surface area contributed by atoms with Crippen LogP contribution in [0.3, 0.4) is 0 Å². The second kappa shape index (κ2) is 6.75. The molecule has 0 saturated carbocycles. The van der Waals surface area contributed by atoms with Crippen LogP contribution in [0.15, 0.2) is 18.2 Å². The zero-order chi connectivity index (χ0) is 15.3. The third-order valence-corrected chi connectivity index (χ3v) is 3.29. The summed E-state index contributed by atoms with van der Waals surface area (Å²) in [5.41, 5.74) is 13.5. The van der Waals surface area contributed by atoms with Crippen LogP contribution >= 0.6 is 0 Å². The van der Waals surface area contributed by atoms with Crippen molar-refractivity contribution in [1.29, 1.82) is 0 Å². The van der Waals surface area contributed by atoms with Crippen molar-refractivity contribution in [1.82, 2.24) is 0 Å². The van der Waals surface area contributed by atoms with Crippen molar-refractivity contribution in [3.8, 4) is 5.75 Å². The summed E-state index contributed by atoms with van der Waals surface area (Å²) in [4.78, 5) is 11.1. The van der Waals surface area contributed by atoms with Crippen LogP contribution in [0, 0.1) is 12.3 Å². The van der Waals surface area contributed by atoms with Gasteiger partial charge in [0.25, 0.3) is 0 Å². The molecule has 0 fully saturated rings. The SMILES string of the molecule is CCOc1ccc(C)cc1C(N)CC(C)(C)CC(N)=O. The van der Waals surface area contributed by atoms with Crippen molar-refractivity contribution >= 4 is 5.91 Å². The fourth-order valence-electron chi connectivity index (χ4n) is 2.49. The Morgan fingerprint density at radius 2 is 2.05 bits per heavy atom. The Morgan fingerprint density at radius 3 is 2.60 bits per heavy atom. The summed E-state index contributed by atoms with van der Waals surface area (Å²) in [6.45, 7) is 8.60. The molecule has 1 atom stereocenters. The minimum absolute atomic E-state index is 0.175. The van der Waals surface area contributed by atoms with E-state index in [2.05, 4.69) is 6.07 Å². The number of amides is 1. The van der Waals surface area contributed by atoms with Crippen molar-refractivity contribution in [3.05, 3.63) is 29.3 Å². The van der Waals surface area contributed by atoms with E-state index in [9.17, 15) is 4.79 Å². The van der Waals surface area contributed by atoms with Crippen molar-refractivity contribution in [2.24, 2.45) is 16.9 Å². The zero-order valence-corrected chi connectivity index (χ0v) is 12.9. The molecular formula is C16H26N2O2. The molecule has 1 unspecified atom stereocenters. The van der Waals surface area contributed by atoms with Gasteiger partial charge in [-0.3, -0.25) is 4.79 Å². The molecule has 20 heavy (non-hydrogen) atoms. The van der Waals surface area contributed by atoms with E-state index in [1.54, 1.807) is 0 Å². The molecule has 1 amide bonds. The van der Waals surface area contributed by atoms with Gasteiger partial charge in [0.1, 0.15) is 5.75 Å². The van der Waals surface area contributed by atoms with E-state index in [0.29, 0.717) is 19.4 Å². The minimum atomic E-state index is -0.295. The first-order valence-electron chi connectivity index (χ1n) is 7.02. The molecule has 0 heterocycles. The van der Waals surface area contributed by atoms with Gasteiger partial charge < -0.3 is 16.2 Å². The Bertz CT molecular complexity index is 470. The highest BCUT2D eigenvalue weighted by Crippen LogP contribution is 2.35. The Kier molecular flexibility index (Phi) is 5.57. The number of rotatable bonds is 7. The average molecular weight is 278 g/mol. The van der Waals surface area contributed by atoms with Crippen molar-refractivity contribution in [2.75, 3.05) is 6.61 Å². The van der Waals surface area contributed by atoms with Crippen LogP contribution in [0.25, 0.3) is 0 Å². The molecule has 0 aliphatic heterocycles. The average Bonchev–Trinajstić information content (AvgIpc) is 2.29. The maximum Gasteiger partial charge on any atom is 0.217 e. The number of primary amides is 1. The predicted octanol–water partition coefficient (Wildman–Crippen LogP) is 2.69.